The summed E-state index contributed by atoms with van der Waals surface area (Å²) in [5.74, 6) is 0.571. The summed E-state index contributed by atoms with van der Waals surface area (Å²) in [5.41, 5.74) is 5.93. The van der Waals surface area contributed by atoms with Crippen LogP contribution in [0.4, 0.5) is 13.2 Å². The van der Waals surface area contributed by atoms with Gasteiger partial charge in [0, 0.05) is 17.1 Å². The van der Waals surface area contributed by atoms with Gasteiger partial charge >= 0.3 is 6.18 Å². The molecule has 96 valence electrons. The predicted octanol–water partition coefficient (Wildman–Crippen LogP) is 3.74. The number of nitrogens with two attached hydrogens (primary N) is 1. The fourth-order valence-electron chi connectivity index (χ4n) is 2.31. The van der Waals surface area contributed by atoms with Gasteiger partial charge in [0.1, 0.15) is 0 Å². The van der Waals surface area contributed by atoms with Gasteiger partial charge in [-0.2, -0.15) is 13.2 Å². The van der Waals surface area contributed by atoms with Crippen LogP contribution < -0.4 is 5.73 Å². The van der Waals surface area contributed by atoms with E-state index in [-0.39, 0.29) is 6.04 Å². The molecule has 0 spiro atoms. The Morgan fingerprint density at radius 3 is 2.59 bits per heavy atom. The van der Waals surface area contributed by atoms with Gasteiger partial charge in [-0.05, 0) is 12.3 Å². The summed E-state index contributed by atoms with van der Waals surface area (Å²) in [6, 6.07) is -0.299. The highest BCUT2D eigenvalue weighted by Gasteiger charge is 2.35. The number of rotatable bonds is 3. The summed E-state index contributed by atoms with van der Waals surface area (Å²) in [6.45, 7) is 0. The van der Waals surface area contributed by atoms with E-state index in [1.807, 2.05) is 0 Å². The van der Waals surface area contributed by atoms with Crippen molar-refractivity contribution in [1.29, 1.82) is 0 Å². The van der Waals surface area contributed by atoms with Crippen molar-refractivity contribution in [3.05, 3.63) is 16.1 Å². The second kappa shape index (κ2) is 4.94. The molecule has 1 saturated carbocycles. The molecule has 0 radical (unpaired) electrons. The molecule has 17 heavy (non-hydrogen) atoms. The van der Waals surface area contributed by atoms with Gasteiger partial charge in [-0.15, -0.1) is 11.3 Å². The molecule has 0 bridgehead atoms. The van der Waals surface area contributed by atoms with Gasteiger partial charge in [-0.25, -0.2) is 4.98 Å². The predicted molar refractivity (Wildman–Crippen MR) is 60.6 cm³/mol. The van der Waals surface area contributed by atoms with Crippen LogP contribution in [-0.2, 0) is 6.18 Å². The van der Waals surface area contributed by atoms with Gasteiger partial charge < -0.3 is 5.73 Å². The standard InChI is InChI=1S/C11H15F3N2S/c12-11(13,14)10-16-6-9(17-10)8(15)5-7-3-1-2-4-7/h6-8H,1-5,15H2. The summed E-state index contributed by atoms with van der Waals surface area (Å²) in [7, 11) is 0. The quantitative estimate of drug-likeness (QED) is 0.903. The maximum atomic E-state index is 12.4. The lowest BCUT2D eigenvalue weighted by Gasteiger charge is -2.14. The Hall–Kier alpha value is -0.620. The maximum Gasteiger partial charge on any atom is 0.443 e. The lowest BCUT2D eigenvalue weighted by atomic mass is 9.98. The van der Waals surface area contributed by atoms with Crippen LogP contribution in [0.15, 0.2) is 6.20 Å². The fourth-order valence-corrected chi connectivity index (χ4v) is 3.11. The van der Waals surface area contributed by atoms with Crippen molar-refractivity contribution in [3.63, 3.8) is 0 Å². The zero-order valence-electron chi connectivity index (χ0n) is 9.33. The van der Waals surface area contributed by atoms with Crippen LogP contribution in [0, 0.1) is 5.92 Å². The molecule has 1 aliphatic rings. The van der Waals surface area contributed by atoms with E-state index in [4.69, 9.17) is 5.73 Å². The average Bonchev–Trinajstić information content (AvgIpc) is 2.85. The summed E-state index contributed by atoms with van der Waals surface area (Å²) in [6.07, 6.45) is 2.43. The normalized spacial score (nSPS) is 19.8. The van der Waals surface area contributed by atoms with Crippen molar-refractivity contribution in [2.45, 2.75) is 44.3 Å². The van der Waals surface area contributed by atoms with Crippen molar-refractivity contribution >= 4 is 11.3 Å². The monoisotopic (exact) mass is 264 g/mol. The molecule has 0 aliphatic heterocycles. The van der Waals surface area contributed by atoms with E-state index in [0.29, 0.717) is 22.1 Å². The third kappa shape index (κ3) is 3.19. The van der Waals surface area contributed by atoms with Crippen LogP contribution in [-0.4, -0.2) is 4.98 Å². The highest BCUT2D eigenvalue weighted by atomic mass is 32.1. The Morgan fingerprint density at radius 2 is 2.06 bits per heavy atom. The minimum atomic E-state index is -4.35. The number of alkyl halides is 3. The van der Waals surface area contributed by atoms with Crippen molar-refractivity contribution in [2.75, 3.05) is 0 Å². The van der Waals surface area contributed by atoms with E-state index in [9.17, 15) is 13.2 Å². The highest BCUT2D eigenvalue weighted by molar-refractivity contribution is 7.11. The van der Waals surface area contributed by atoms with Gasteiger partial charge in [0.15, 0.2) is 5.01 Å². The Bertz CT molecular complexity index is 369. The maximum absolute atomic E-state index is 12.4. The molecular weight excluding hydrogens is 249 g/mol. The number of aromatic nitrogens is 1. The minimum absolute atomic E-state index is 0.299. The van der Waals surface area contributed by atoms with E-state index in [2.05, 4.69) is 4.98 Å². The van der Waals surface area contributed by atoms with E-state index < -0.39 is 11.2 Å². The number of hydrogen-bond donors (Lipinski definition) is 1. The van der Waals surface area contributed by atoms with Crippen LogP contribution in [0.25, 0.3) is 0 Å². The van der Waals surface area contributed by atoms with Gasteiger partial charge in [0.2, 0.25) is 0 Å². The van der Waals surface area contributed by atoms with Crippen molar-refractivity contribution < 1.29 is 13.2 Å². The second-order valence-corrected chi connectivity index (χ2v) is 5.62. The smallest absolute Gasteiger partial charge is 0.323 e. The summed E-state index contributed by atoms with van der Waals surface area (Å²) in [5, 5.41) is -0.797. The Labute approximate surface area is 102 Å². The molecule has 1 heterocycles. The number of halogens is 3. The van der Waals surface area contributed by atoms with E-state index >= 15 is 0 Å². The van der Waals surface area contributed by atoms with Gasteiger partial charge in [0.25, 0.3) is 0 Å². The summed E-state index contributed by atoms with van der Waals surface area (Å²) < 4.78 is 37.1. The van der Waals surface area contributed by atoms with Crippen molar-refractivity contribution in [2.24, 2.45) is 11.7 Å². The van der Waals surface area contributed by atoms with Crippen LogP contribution in [0.2, 0.25) is 0 Å². The Morgan fingerprint density at radius 1 is 1.41 bits per heavy atom. The Balaban J connectivity index is 1.99. The molecule has 1 aromatic heterocycles. The zero-order chi connectivity index (χ0) is 12.5. The molecule has 1 aromatic rings. The van der Waals surface area contributed by atoms with Gasteiger partial charge in [0.05, 0.1) is 0 Å². The second-order valence-electron chi connectivity index (χ2n) is 4.56. The van der Waals surface area contributed by atoms with Crippen LogP contribution in [0.3, 0.4) is 0 Å². The lowest BCUT2D eigenvalue weighted by molar-refractivity contribution is -0.137. The van der Waals surface area contributed by atoms with Crippen LogP contribution >= 0.6 is 11.3 Å². The molecule has 1 unspecified atom stereocenters. The molecule has 1 aliphatic carbocycles. The van der Waals surface area contributed by atoms with E-state index in [0.717, 1.165) is 19.3 Å². The number of nitrogens with zero attached hydrogens (tertiary/aromatic N) is 1. The highest BCUT2D eigenvalue weighted by Crippen LogP contribution is 2.37. The molecule has 1 fully saturated rings. The zero-order valence-corrected chi connectivity index (χ0v) is 10.2. The number of hydrogen-bond acceptors (Lipinski definition) is 3. The molecule has 0 saturated heterocycles. The molecule has 0 aromatic carbocycles. The van der Waals surface area contributed by atoms with E-state index in [1.165, 1.54) is 19.0 Å². The van der Waals surface area contributed by atoms with Gasteiger partial charge in [-0.3, -0.25) is 0 Å². The lowest BCUT2D eigenvalue weighted by Crippen LogP contribution is -2.12. The average molecular weight is 264 g/mol. The molecule has 2 nitrogen and oxygen atoms in total. The third-order valence-electron chi connectivity index (χ3n) is 3.19. The van der Waals surface area contributed by atoms with Crippen LogP contribution in [0.1, 0.15) is 48.0 Å². The van der Waals surface area contributed by atoms with Crippen molar-refractivity contribution in [1.82, 2.24) is 4.98 Å². The first-order valence-electron chi connectivity index (χ1n) is 5.75. The molecular formula is C11H15F3N2S. The summed E-state index contributed by atoms with van der Waals surface area (Å²) >= 11 is 0.670. The topological polar surface area (TPSA) is 38.9 Å². The first-order valence-corrected chi connectivity index (χ1v) is 6.57. The first kappa shape index (κ1) is 12.8. The van der Waals surface area contributed by atoms with E-state index in [1.54, 1.807) is 0 Å². The molecule has 0 amide bonds. The fraction of sp³-hybridized carbons (Fsp3) is 0.727. The Kier molecular flexibility index (Phi) is 3.73. The first-order chi connectivity index (χ1) is 7.97. The molecule has 6 heteroatoms. The number of thiazole rings is 1. The van der Waals surface area contributed by atoms with Crippen LogP contribution in [0.5, 0.6) is 0 Å². The third-order valence-corrected chi connectivity index (χ3v) is 4.37. The molecule has 1 atom stereocenters. The summed E-state index contributed by atoms with van der Waals surface area (Å²) in [4.78, 5) is 3.94. The SMILES string of the molecule is NC(CC1CCCC1)c1cnc(C(F)(F)F)s1. The van der Waals surface area contributed by atoms with Crippen molar-refractivity contribution in [3.8, 4) is 0 Å². The minimum Gasteiger partial charge on any atom is -0.323 e. The molecule has 2 rings (SSSR count). The molecule has 2 N–H and O–H groups in total. The largest absolute Gasteiger partial charge is 0.443 e. The van der Waals surface area contributed by atoms with Gasteiger partial charge in [-0.1, -0.05) is 25.7 Å².